The molecule has 1 N–H and O–H groups in total. The van der Waals surface area contributed by atoms with Crippen molar-refractivity contribution in [3.63, 3.8) is 0 Å². The maximum Gasteiger partial charge on any atom is 0.255 e. The first-order valence-electron chi connectivity index (χ1n) is 10.2. The normalized spacial score (nSPS) is 13.9. The molecule has 1 amide bonds. The fraction of sp³-hybridized carbons (Fsp3) is 0.348. The second-order valence-electron chi connectivity index (χ2n) is 7.37. The molecule has 7 heteroatoms. The Hall–Kier alpha value is -3.35. The zero-order valence-electron chi connectivity index (χ0n) is 17.3. The van der Waals surface area contributed by atoms with E-state index in [9.17, 15) is 4.79 Å². The van der Waals surface area contributed by atoms with Crippen LogP contribution in [0.4, 0.5) is 0 Å². The lowest BCUT2D eigenvalue weighted by atomic mass is 10.1. The molecule has 0 aliphatic heterocycles. The fourth-order valence-electron chi connectivity index (χ4n) is 3.92. The predicted octanol–water partition coefficient (Wildman–Crippen LogP) is 4.01. The van der Waals surface area contributed by atoms with Gasteiger partial charge in [-0.05, 0) is 43.2 Å². The van der Waals surface area contributed by atoms with Gasteiger partial charge in [0, 0.05) is 12.3 Å². The van der Waals surface area contributed by atoms with Crippen LogP contribution in [0, 0.1) is 0 Å². The highest BCUT2D eigenvalue weighted by molar-refractivity contribution is 5.97. The van der Waals surface area contributed by atoms with E-state index in [-0.39, 0.29) is 5.91 Å². The first kappa shape index (κ1) is 19.9. The van der Waals surface area contributed by atoms with Gasteiger partial charge in [0.1, 0.15) is 11.5 Å². The third-order valence-corrected chi connectivity index (χ3v) is 5.47. The molecule has 30 heavy (non-hydrogen) atoms. The quantitative estimate of drug-likeness (QED) is 0.641. The van der Waals surface area contributed by atoms with E-state index in [1.807, 2.05) is 24.3 Å². The lowest BCUT2D eigenvalue weighted by Gasteiger charge is -2.13. The molecule has 0 spiro atoms. The number of carbonyl (C=O) groups is 1. The van der Waals surface area contributed by atoms with Gasteiger partial charge in [0.15, 0.2) is 0 Å². The zero-order valence-corrected chi connectivity index (χ0v) is 17.3. The highest BCUT2D eigenvalue weighted by atomic mass is 16.5. The SMILES string of the molecule is COc1ccc(C(=O)NCc2cc(-c3ccccn3)n(C3CCCC3)n2)c(OC)c1. The maximum atomic E-state index is 12.7. The number of pyridine rings is 1. The minimum absolute atomic E-state index is 0.218. The lowest BCUT2D eigenvalue weighted by Crippen LogP contribution is -2.23. The Balaban J connectivity index is 1.54. The molecule has 3 aromatic rings. The second kappa shape index (κ2) is 8.98. The summed E-state index contributed by atoms with van der Waals surface area (Å²) in [5.41, 5.74) is 3.15. The summed E-state index contributed by atoms with van der Waals surface area (Å²) < 4.78 is 12.6. The molecule has 1 saturated carbocycles. The Kier molecular flexibility index (Phi) is 5.97. The number of amides is 1. The molecule has 0 saturated heterocycles. The monoisotopic (exact) mass is 406 g/mol. The molecule has 0 radical (unpaired) electrons. The van der Waals surface area contributed by atoms with Crippen molar-refractivity contribution in [2.75, 3.05) is 14.2 Å². The van der Waals surface area contributed by atoms with Crippen molar-refractivity contribution in [3.05, 3.63) is 59.9 Å². The van der Waals surface area contributed by atoms with Gasteiger partial charge in [-0.1, -0.05) is 18.9 Å². The summed E-state index contributed by atoms with van der Waals surface area (Å²) in [5.74, 6) is 0.889. The Morgan fingerprint density at radius 1 is 1.13 bits per heavy atom. The van der Waals surface area contributed by atoms with Gasteiger partial charge >= 0.3 is 0 Å². The van der Waals surface area contributed by atoms with E-state index >= 15 is 0 Å². The molecule has 7 nitrogen and oxygen atoms in total. The third-order valence-electron chi connectivity index (χ3n) is 5.47. The van der Waals surface area contributed by atoms with Crippen molar-refractivity contribution in [1.29, 1.82) is 0 Å². The van der Waals surface area contributed by atoms with E-state index in [0.29, 0.717) is 29.6 Å². The zero-order chi connectivity index (χ0) is 20.9. The molecule has 0 atom stereocenters. The van der Waals surface area contributed by atoms with Crippen molar-refractivity contribution < 1.29 is 14.3 Å². The predicted molar refractivity (Wildman–Crippen MR) is 114 cm³/mol. The number of methoxy groups -OCH3 is 2. The fourth-order valence-corrected chi connectivity index (χ4v) is 3.92. The average Bonchev–Trinajstić information content (AvgIpc) is 3.47. The van der Waals surface area contributed by atoms with Crippen LogP contribution in [0.25, 0.3) is 11.4 Å². The average molecular weight is 406 g/mol. The third kappa shape index (κ3) is 4.15. The van der Waals surface area contributed by atoms with E-state index in [2.05, 4.69) is 15.0 Å². The summed E-state index contributed by atoms with van der Waals surface area (Å²) in [6.07, 6.45) is 6.47. The molecule has 1 aliphatic rings. The van der Waals surface area contributed by atoms with Crippen molar-refractivity contribution in [3.8, 4) is 22.9 Å². The molecule has 2 aromatic heterocycles. The number of hydrogen-bond acceptors (Lipinski definition) is 5. The van der Waals surface area contributed by atoms with E-state index < -0.39 is 0 Å². The highest BCUT2D eigenvalue weighted by Gasteiger charge is 2.23. The highest BCUT2D eigenvalue weighted by Crippen LogP contribution is 2.33. The number of nitrogens with zero attached hydrogens (tertiary/aromatic N) is 3. The Labute approximate surface area is 176 Å². The Morgan fingerprint density at radius 2 is 1.97 bits per heavy atom. The van der Waals surface area contributed by atoms with Gasteiger partial charge in [0.2, 0.25) is 0 Å². The van der Waals surface area contributed by atoms with Crippen LogP contribution in [0.2, 0.25) is 0 Å². The number of benzene rings is 1. The van der Waals surface area contributed by atoms with Crippen molar-refractivity contribution in [2.45, 2.75) is 38.3 Å². The molecular formula is C23H26N4O3. The maximum absolute atomic E-state index is 12.7. The van der Waals surface area contributed by atoms with Gasteiger partial charge in [-0.15, -0.1) is 0 Å². The summed E-state index contributed by atoms with van der Waals surface area (Å²) in [5, 5.41) is 7.77. The van der Waals surface area contributed by atoms with Crippen LogP contribution in [-0.2, 0) is 6.54 Å². The topological polar surface area (TPSA) is 78.3 Å². The van der Waals surface area contributed by atoms with Crippen LogP contribution >= 0.6 is 0 Å². The molecule has 2 heterocycles. The summed E-state index contributed by atoms with van der Waals surface area (Å²) >= 11 is 0. The largest absolute Gasteiger partial charge is 0.497 e. The van der Waals surface area contributed by atoms with E-state index in [0.717, 1.165) is 29.9 Å². The standard InChI is InChI=1S/C23H26N4O3/c1-29-18-10-11-19(22(14-18)30-2)23(28)25-15-16-13-21(20-9-5-6-12-24-20)27(26-16)17-7-3-4-8-17/h5-6,9-14,17H,3-4,7-8,15H2,1-2H3,(H,25,28). The van der Waals surface area contributed by atoms with Gasteiger partial charge in [0.05, 0.1) is 49.5 Å². The number of rotatable bonds is 7. The summed E-state index contributed by atoms with van der Waals surface area (Å²) in [4.78, 5) is 17.2. The summed E-state index contributed by atoms with van der Waals surface area (Å²) in [6.45, 7) is 0.327. The van der Waals surface area contributed by atoms with Crippen LogP contribution in [0.5, 0.6) is 11.5 Å². The van der Waals surface area contributed by atoms with Crippen molar-refractivity contribution in [2.24, 2.45) is 0 Å². The van der Waals surface area contributed by atoms with Gasteiger partial charge < -0.3 is 14.8 Å². The summed E-state index contributed by atoms with van der Waals surface area (Å²) in [7, 11) is 3.11. The molecule has 0 bridgehead atoms. The summed E-state index contributed by atoms with van der Waals surface area (Å²) in [6, 6.07) is 13.4. The van der Waals surface area contributed by atoms with Crippen LogP contribution in [0.1, 0.15) is 47.8 Å². The number of nitrogens with one attached hydrogen (secondary N) is 1. The lowest BCUT2D eigenvalue weighted by molar-refractivity contribution is 0.0947. The first-order valence-corrected chi connectivity index (χ1v) is 10.2. The minimum Gasteiger partial charge on any atom is -0.497 e. The molecular weight excluding hydrogens is 380 g/mol. The number of hydrogen-bond donors (Lipinski definition) is 1. The Morgan fingerprint density at radius 3 is 2.67 bits per heavy atom. The van der Waals surface area contributed by atoms with Gasteiger partial charge in [-0.25, -0.2) is 0 Å². The second-order valence-corrected chi connectivity index (χ2v) is 7.37. The van der Waals surface area contributed by atoms with Gasteiger partial charge in [-0.2, -0.15) is 5.10 Å². The molecule has 1 fully saturated rings. The molecule has 156 valence electrons. The van der Waals surface area contributed by atoms with E-state index in [1.54, 1.807) is 31.5 Å². The van der Waals surface area contributed by atoms with Crippen LogP contribution < -0.4 is 14.8 Å². The molecule has 1 aliphatic carbocycles. The molecule has 4 rings (SSSR count). The minimum atomic E-state index is -0.218. The number of ether oxygens (including phenoxy) is 2. The smallest absolute Gasteiger partial charge is 0.255 e. The molecule has 0 unspecified atom stereocenters. The number of aromatic nitrogens is 3. The van der Waals surface area contributed by atoms with Crippen molar-refractivity contribution in [1.82, 2.24) is 20.1 Å². The van der Waals surface area contributed by atoms with Gasteiger partial charge in [-0.3, -0.25) is 14.5 Å². The van der Waals surface area contributed by atoms with Crippen LogP contribution in [-0.4, -0.2) is 34.9 Å². The van der Waals surface area contributed by atoms with Crippen molar-refractivity contribution >= 4 is 5.91 Å². The molecule has 1 aromatic carbocycles. The first-order chi connectivity index (χ1) is 14.7. The Bertz CT molecular complexity index is 1010. The van der Waals surface area contributed by atoms with Crippen LogP contribution in [0.3, 0.4) is 0 Å². The van der Waals surface area contributed by atoms with E-state index in [1.165, 1.54) is 20.0 Å². The number of carbonyl (C=O) groups excluding carboxylic acids is 1. The van der Waals surface area contributed by atoms with Gasteiger partial charge in [0.25, 0.3) is 5.91 Å². The van der Waals surface area contributed by atoms with E-state index in [4.69, 9.17) is 14.6 Å². The van der Waals surface area contributed by atoms with Crippen LogP contribution in [0.15, 0.2) is 48.7 Å².